The van der Waals surface area contributed by atoms with Crippen molar-refractivity contribution in [3.05, 3.63) is 0 Å². The predicted molar refractivity (Wildman–Crippen MR) is 58.0 cm³/mol. The molecule has 0 spiro atoms. The Balaban J connectivity index is 3.66. The summed E-state index contributed by atoms with van der Waals surface area (Å²) in [5, 5.41) is 3.46. The Bertz CT molecular complexity index is 113. The molecule has 0 heterocycles. The summed E-state index contributed by atoms with van der Waals surface area (Å²) in [7, 11) is 1.78. The van der Waals surface area contributed by atoms with Crippen LogP contribution in [0.15, 0.2) is 0 Å². The van der Waals surface area contributed by atoms with Gasteiger partial charge in [-0.15, -0.1) is 0 Å². The van der Waals surface area contributed by atoms with Crippen LogP contribution in [-0.4, -0.2) is 26.3 Å². The van der Waals surface area contributed by atoms with E-state index in [0.29, 0.717) is 12.0 Å². The van der Waals surface area contributed by atoms with E-state index in [4.69, 9.17) is 4.74 Å². The van der Waals surface area contributed by atoms with E-state index in [0.717, 1.165) is 19.1 Å². The lowest BCUT2D eigenvalue weighted by Crippen LogP contribution is -2.31. The molecule has 0 aromatic rings. The van der Waals surface area contributed by atoms with Crippen molar-refractivity contribution >= 4 is 0 Å². The van der Waals surface area contributed by atoms with Crippen LogP contribution in [0.25, 0.3) is 0 Å². The molecule has 1 unspecified atom stereocenters. The molecule has 0 aromatic carbocycles. The molecule has 0 aliphatic rings. The second-order valence-electron chi connectivity index (χ2n) is 4.51. The molecular formula is C11H25NO. The van der Waals surface area contributed by atoms with Crippen LogP contribution in [0.5, 0.6) is 0 Å². The average molecular weight is 187 g/mol. The van der Waals surface area contributed by atoms with Gasteiger partial charge in [-0.2, -0.15) is 0 Å². The van der Waals surface area contributed by atoms with Gasteiger partial charge in [-0.05, 0) is 18.3 Å². The summed E-state index contributed by atoms with van der Waals surface area (Å²) in [6.45, 7) is 10.8. The molecule has 0 bridgehead atoms. The van der Waals surface area contributed by atoms with E-state index >= 15 is 0 Å². The molecular weight excluding hydrogens is 162 g/mol. The number of ether oxygens (including phenoxy) is 1. The van der Waals surface area contributed by atoms with Crippen molar-refractivity contribution in [2.24, 2.45) is 11.8 Å². The van der Waals surface area contributed by atoms with E-state index in [1.807, 2.05) is 0 Å². The van der Waals surface area contributed by atoms with Gasteiger partial charge in [0.05, 0.1) is 6.61 Å². The molecule has 13 heavy (non-hydrogen) atoms. The summed E-state index contributed by atoms with van der Waals surface area (Å²) in [5.74, 6) is 1.42. The maximum absolute atomic E-state index is 5.20. The smallest absolute Gasteiger partial charge is 0.0502 e. The summed E-state index contributed by atoms with van der Waals surface area (Å²) in [5.41, 5.74) is 0. The molecule has 2 nitrogen and oxygen atoms in total. The third-order valence-electron chi connectivity index (χ3n) is 2.02. The molecule has 0 saturated carbocycles. The Hall–Kier alpha value is -0.0800. The third-order valence-corrected chi connectivity index (χ3v) is 2.02. The maximum atomic E-state index is 5.20. The van der Waals surface area contributed by atoms with Gasteiger partial charge in [-0.3, -0.25) is 0 Å². The van der Waals surface area contributed by atoms with E-state index in [2.05, 4.69) is 33.0 Å². The molecule has 0 fully saturated rings. The first-order valence-corrected chi connectivity index (χ1v) is 5.28. The molecule has 0 aromatic heterocycles. The van der Waals surface area contributed by atoms with Gasteiger partial charge in [0, 0.05) is 19.7 Å². The van der Waals surface area contributed by atoms with Crippen molar-refractivity contribution in [2.75, 3.05) is 20.3 Å². The van der Waals surface area contributed by atoms with Crippen LogP contribution in [0, 0.1) is 11.8 Å². The van der Waals surface area contributed by atoms with Gasteiger partial charge in [0.2, 0.25) is 0 Å². The fourth-order valence-corrected chi connectivity index (χ4v) is 1.52. The Kier molecular flexibility index (Phi) is 7.29. The van der Waals surface area contributed by atoms with E-state index in [1.165, 1.54) is 6.42 Å². The molecule has 0 rings (SSSR count). The summed E-state index contributed by atoms with van der Waals surface area (Å²) in [4.78, 5) is 0. The second-order valence-corrected chi connectivity index (χ2v) is 4.51. The van der Waals surface area contributed by atoms with Crippen LogP contribution in [0.1, 0.15) is 34.1 Å². The van der Waals surface area contributed by atoms with Crippen LogP contribution in [0.4, 0.5) is 0 Å². The highest BCUT2D eigenvalue weighted by atomic mass is 16.5. The van der Waals surface area contributed by atoms with Crippen LogP contribution in [0.3, 0.4) is 0 Å². The zero-order valence-electron chi connectivity index (χ0n) is 9.76. The van der Waals surface area contributed by atoms with Gasteiger partial charge >= 0.3 is 0 Å². The second kappa shape index (κ2) is 7.34. The van der Waals surface area contributed by atoms with Crippen molar-refractivity contribution < 1.29 is 4.74 Å². The van der Waals surface area contributed by atoms with Crippen LogP contribution in [-0.2, 0) is 4.74 Å². The van der Waals surface area contributed by atoms with Gasteiger partial charge in [0.25, 0.3) is 0 Å². The minimum absolute atomic E-state index is 0.575. The normalized spacial score (nSPS) is 14.1. The maximum Gasteiger partial charge on any atom is 0.0502 e. The van der Waals surface area contributed by atoms with Gasteiger partial charge in [-0.1, -0.05) is 27.7 Å². The first-order valence-electron chi connectivity index (χ1n) is 5.28. The van der Waals surface area contributed by atoms with Gasteiger partial charge in [-0.25, -0.2) is 0 Å². The number of rotatable bonds is 7. The standard InChI is InChI=1S/C11H25NO/c1-9(2)6-11(8-13-5)7-12-10(3)4/h9-12H,6-8H2,1-5H3. The number of hydrogen-bond donors (Lipinski definition) is 1. The molecule has 0 aliphatic carbocycles. The van der Waals surface area contributed by atoms with E-state index in [-0.39, 0.29) is 0 Å². The highest BCUT2D eigenvalue weighted by Crippen LogP contribution is 2.11. The zero-order chi connectivity index (χ0) is 10.3. The fraction of sp³-hybridized carbons (Fsp3) is 1.00. The highest BCUT2D eigenvalue weighted by Gasteiger charge is 2.10. The molecule has 2 heteroatoms. The molecule has 1 atom stereocenters. The Morgan fingerprint density at radius 3 is 2.15 bits per heavy atom. The summed E-state index contributed by atoms with van der Waals surface area (Å²) in [6.07, 6.45) is 1.24. The summed E-state index contributed by atoms with van der Waals surface area (Å²) >= 11 is 0. The lowest BCUT2D eigenvalue weighted by molar-refractivity contribution is 0.138. The van der Waals surface area contributed by atoms with Crippen LogP contribution < -0.4 is 5.32 Å². The van der Waals surface area contributed by atoms with Gasteiger partial charge in [0.15, 0.2) is 0 Å². The minimum Gasteiger partial charge on any atom is -0.384 e. The predicted octanol–water partition coefficient (Wildman–Crippen LogP) is 2.29. The van der Waals surface area contributed by atoms with Crippen molar-refractivity contribution in [3.8, 4) is 0 Å². The molecule has 1 N–H and O–H groups in total. The lowest BCUT2D eigenvalue weighted by atomic mass is 9.97. The third kappa shape index (κ3) is 8.26. The van der Waals surface area contributed by atoms with Crippen LogP contribution >= 0.6 is 0 Å². The Morgan fingerprint density at radius 2 is 1.77 bits per heavy atom. The van der Waals surface area contributed by atoms with E-state index < -0.39 is 0 Å². The van der Waals surface area contributed by atoms with Gasteiger partial charge in [0.1, 0.15) is 0 Å². The number of methoxy groups -OCH3 is 1. The number of nitrogens with one attached hydrogen (secondary N) is 1. The first-order chi connectivity index (χ1) is 6.06. The Labute approximate surface area is 83.1 Å². The van der Waals surface area contributed by atoms with Crippen molar-refractivity contribution in [2.45, 2.75) is 40.2 Å². The van der Waals surface area contributed by atoms with Crippen molar-refractivity contribution in [1.82, 2.24) is 5.32 Å². The monoisotopic (exact) mass is 187 g/mol. The largest absolute Gasteiger partial charge is 0.384 e. The SMILES string of the molecule is COCC(CNC(C)C)CC(C)C. The van der Waals surface area contributed by atoms with Crippen molar-refractivity contribution in [3.63, 3.8) is 0 Å². The average Bonchev–Trinajstić information content (AvgIpc) is 1.99. The first kappa shape index (κ1) is 12.9. The summed E-state index contributed by atoms with van der Waals surface area (Å²) in [6, 6.07) is 0.575. The van der Waals surface area contributed by atoms with Crippen molar-refractivity contribution in [1.29, 1.82) is 0 Å². The minimum atomic E-state index is 0.575. The van der Waals surface area contributed by atoms with E-state index in [9.17, 15) is 0 Å². The van der Waals surface area contributed by atoms with Crippen LogP contribution in [0.2, 0.25) is 0 Å². The Morgan fingerprint density at radius 1 is 1.15 bits per heavy atom. The lowest BCUT2D eigenvalue weighted by Gasteiger charge is -2.20. The fourth-order valence-electron chi connectivity index (χ4n) is 1.52. The van der Waals surface area contributed by atoms with Gasteiger partial charge < -0.3 is 10.1 Å². The molecule has 0 amide bonds. The zero-order valence-corrected chi connectivity index (χ0v) is 9.76. The molecule has 0 saturated heterocycles. The molecule has 0 radical (unpaired) electrons. The highest BCUT2D eigenvalue weighted by molar-refractivity contribution is 4.65. The molecule has 80 valence electrons. The topological polar surface area (TPSA) is 21.3 Å². The van der Waals surface area contributed by atoms with E-state index in [1.54, 1.807) is 7.11 Å². The molecule has 0 aliphatic heterocycles. The number of hydrogen-bond acceptors (Lipinski definition) is 2. The quantitative estimate of drug-likeness (QED) is 0.660. The summed E-state index contributed by atoms with van der Waals surface area (Å²) < 4.78 is 5.20.